The molecule has 3 nitrogen and oxygen atoms in total. The van der Waals surface area contributed by atoms with Gasteiger partial charge in [-0.2, -0.15) is 0 Å². The third-order valence-corrected chi connectivity index (χ3v) is 3.64. The van der Waals surface area contributed by atoms with E-state index in [-0.39, 0.29) is 5.91 Å². The maximum atomic E-state index is 11.7. The van der Waals surface area contributed by atoms with Crippen LogP contribution in [-0.4, -0.2) is 30.7 Å². The van der Waals surface area contributed by atoms with Crippen LogP contribution in [0.5, 0.6) is 0 Å². The predicted molar refractivity (Wildman–Crippen MR) is 58.9 cm³/mol. The lowest BCUT2D eigenvalue weighted by Crippen LogP contribution is -2.27. The van der Waals surface area contributed by atoms with Gasteiger partial charge in [0.15, 0.2) is 0 Å². The molecular formula is C8H8INO2S. The molecule has 1 aliphatic heterocycles. The van der Waals surface area contributed by atoms with Crippen molar-refractivity contribution in [2.75, 3.05) is 19.9 Å². The molecule has 0 aromatic carbocycles. The summed E-state index contributed by atoms with van der Waals surface area (Å²) in [7, 11) is 0. The van der Waals surface area contributed by atoms with Gasteiger partial charge in [-0.1, -0.05) is 0 Å². The van der Waals surface area contributed by atoms with Crippen LogP contribution in [-0.2, 0) is 4.74 Å². The highest BCUT2D eigenvalue weighted by Crippen LogP contribution is 2.18. The summed E-state index contributed by atoms with van der Waals surface area (Å²) in [6.07, 6.45) is 0. The molecule has 13 heavy (non-hydrogen) atoms. The van der Waals surface area contributed by atoms with Crippen LogP contribution in [0.1, 0.15) is 10.4 Å². The summed E-state index contributed by atoms with van der Waals surface area (Å²) in [5.41, 5.74) is 0.778. The van der Waals surface area contributed by atoms with Crippen molar-refractivity contribution in [3.05, 3.63) is 19.9 Å². The number of carbonyl (C=O) groups is 1. The van der Waals surface area contributed by atoms with Crippen molar-refractivity contribution >= 4 is 39.8 Å². The zero-order valence-electron chi connectivity index (χ0n) is 6.83. The van der Waals surface area contributed by atoms with Crippen molar-refractivity contribution in [3.8, 4) is 0 Å². The number of carbonyl (C=O) groups excluding carboxylic acids is 1. The molecule has 5 heteroatoms. The van der Waals surface area contributed by atoms with Crippen LogP contribution < -0.4 is 0 Å². The minimum absolute atomic E-state index is 0.0802. The Bertz CT molecular complexity index is 320. The average Bonchev–Trinajstić information content (AvgIpc) is 2.72. The summed E-state index contributed by atoms with van der Waals surface area (Å²) in [6, 6.07) is 1.91. The van der Waals surface area contributed by atoms with Crippen LogP contribution in [0.4, 0.5) is 0 Å². The fourth-order valence-electron chi connectivity index (χ4n) is 1.18. The second-order valence-electron chi connectivity index (χ2n) is 2.75. The Balaban J connectivity index is 2.12. The molecule has 70 valence electrons. The van der Waals surface area contributed by atoms with Crippen LogP contribution >= 0.6 is 33.9 Å². The third-order valence-electron chi connectivity index (χ3n) is 1.85. The largest absolute Gasteiger partial charge is 0.359 e. The van der Waals surface area contributed by atoms with Gasteiger partial charge < -0.3 is 9.64 Å². The Morgan fingerprint density at radius 3 is 3.08 bits per heavy atom. The Morgan fingerprint density at radius 2 is 2.54 bits per heavy atom. The lowest BCUT2D eigenvalue weighted by atomic mass is 10.3. The second-order valence-corrected chi connectivity index (χ2v) is 5.55. The first-order chi connectivity index (χ1) is 6.27. The van der Waals surface area contributed by atoms with Crippen molar-refractivity contribution in [3.63, 3.8) is 0 Å². The monoisotopic (exact) mass is 309 g/mol. The average molecular weight is 309 g/mol. The summed E-state index contributed by atoms with van der Waals surface area (Å²) in [4.78, 5) is 13.4. The van der Waals surface area contributed by atoms with E-state index in [1.807, 2.05) is 11.4 Å². The second kappa shape index (κ2) is 3.93. The molecule has 0 bridgehead atoms. The lowest BCUT2D eigenvalue weighted by Gasteiger charge is -2.11. The third kappa shape index (κ3) is 2.03. The predicted octanol–water partition coefficient (Wildman–Crippen LogP) is 1.78. The Kier molecular flexibility index (Phi) is 2.85. The topological polar surface area (TPSA) is 29.5 Å². The van der Waals surface area contributed by atoms with Gasteiger partial charge in [0.25, 0.3) is 5.91 Å². The summed E-state index contributed by atoms with van der Waals surface area (Å²) in [5.74, 6) is 0.0802. The van der Waals surface area contributed by atoms with Crippen LogP contribution in [0.2, 0.25) is 0 Å². The number of amides is 1. The maximum Gasteiger partial charge on any atom is 0.256 e. The molecule has 0 unspecified atom stereocenters. The molecule has 0 atom stereocenters. The molecule has 0 saturated carbocycles. The molecule has 0 spiro atoms. The number of hydrogen-bond acceptors (Lipinski definition) is 3. The van der Waals surface area contributed by atoms with Gasteiger partial charge in [-0.05, 0) is 28.7 Å². The van der Waals surface area contributed by atoms with Crippen LogP contribution in [0.25, 0.3) is 0 Å². The number of halogens is 1. The molecule has 0 N–H and O–H groups in total. The molecule has 2 heterocycles. The molecule has 1 amide bonds. The van der Waals surface area contributed by atoms with E-state index in [0.29, 0.717) is 19.9 Å². The smallest absolute Gasteiger partial charge is 0.256 e. The van der Waals surface area contributed by atoms with E-state index >= 15 is 0 Å². The minimum Gasteiger partial charge on any atom is -0.359 e. The summed E-state index contributed by atoms with van der Waals surface area (Å²) in [5, 5.41) is 1.89. The van der Waals surface area contributed by atoms with Gasteiger partial charge in [-0.25, -0.2) is 0 Å². The molecule has 1 aromatic heterocycles. The zero-order chi connectivity index (χ0) is 9.26. The number of rotatable bonds is 1. The molecule has 1 saturated heterocycles. The molecule has 0 radical (unpaired) electrons. The highest BCUT2D eigenvalue weighted by molar-refractivity contribution is 14.1. The maximum absolute atomic E-state index is 11.7. The van der Waals surface area contributed by atoms with Crippen molar-refractivity contribution in [1.82, 2.24) is 4.90 Å². The molecule has 1 aliphatic rings. The van der Waals surface area contributed by atoms with E-state index in [1.54, 1.807) is 16.2 Å². The van der Waals surface area contributed by atoms with Crippen LogP contribution in [0, 0.1) is 2.88 Å². The number of ether oxygens (including phenoxy) is 1. The van der Waals surface area contributed by atoms with E-state index in [4.69, 9.17) is 4.74 Å². The van der Waals surface area contributed by atoms with Gasteiger partial charge >= 0.3 is 0 Å². The molecular weight excluding hydrogens is 301 g/mol. The first kappa shape index (κ1) is 9.42. The number of hydrogen-bond donors (Lipinski definition) is 0. The number of thiophene rings is 1. The Morgan fingerprint density at radius 1 is 1.69 bits per heavy atom. The van der Waals surface area contributed by atoms with E-state index in [2.05, 4.69) is 22.6 Å². The van der Waals surface area contributed by atoms with Crippen molar-refractivity contribution in [1.29, 1.82) is 0 Å². The van der Waals surface area contributed by atoms with Gasteiger partial charge in [0.2, 0.25) is 0 Å². The SMILES string of the molecule is O=C(c1csc(I)c1)N1CCOC1. The molecule has 1 aromatic rings. The highest BCUT2D eigenvalue weighted by atomic mass is 127. The van der Waals surface area contributed by atoms with Gasteiger partial charge in [0.05, 0.1) is 15.1 Å². The van der Waals surface area contributed by atoms with E-state index in [1.165, 1.54) is 0 Å². The standard InChI is InChI=1S/C8H8INO2S/c9-7-3-6(4-13-7)8(11)10-1-2-12-5-10/h3-4H,1-2,5H2. The van der Waals surface area contributed by atoms with Crippen LogP contribution in [0.15, 0.2) is 11.4 Å². The van der Waals surface area contributed by atoms with Crippen molar-refractivity contribution < 1.29 is 9.53 Å². The van der Waals surface area contributed by atoms with Crippen LogP contribution in [0.3, 0.4) is 0 Å². The quantitative estimate of drug-likeness (QED) is 0.740. The first-order valence-electron chi connectivity index (χ1n) is 3.88. The first-order valence-corrected chi connectivity index (χ1v) is 5.84. The van der Waals surface area contributed by atoms with E-state index < -0.39 is 0 Å². The van der Waals surface area contributed by atoms with Gasteiger partial charge in [0, 0.05) is 11.9 Å². The summed E-state index contributed by atoms with van der Waals surface area (Å²) >= 11 is 3.80. The number of nitrogens with zero attached hydrogens (tertiary/aromatic N) is 1. The van der Waals surface area contributed by atoms with Crippen molar-refractivity contribution in [2.45, 2.75) is 0 Å². The summed E-state index contributed by atoms with van der Waals surface area (Å²) < 4.78 is 6.25. The molecule has 1 fully saturated rings. The molecule has 2 rings (SSSR count). The van der Waals surface area contributed by atoms with Gasteiger partial charge in [0.1, 0.15) is 6.73 Å². The summed E-state index contributed by atoms with van der Waals surface area (Å²) in [6.45, 7) is 1.81. The van der Waals surface area contributed by atoms with E-state index in [0.717, 1.165) is 8.45 Å². The lowest BCUT2D eigenvalue weighted by molar-refractivity contribution is 0.0695. The van der Waals surface area contributed by atoms with Gasteiger partial charge in [-0.3, -0.25) is 4.79 Å². The minimum atomic E-state index is 0.0802. The zero-order valence-corrected chi connectivity index (χ0v) is 9.80. The normalized spacial score (nSPS) is 16.5. The Hall–Kier alpha value is -0.140. The van der Waals surface area contributed by atoms with Crippen molar-refractivity contribution in [2.24, 2.45) is 0 Å². The van der Waals surface area contributed by atoms with Gasteiger partial charge in [-0.15, -0.1) is 11.3 Å². The fraction of sp³-hybridized carbons (Fsp3) is 0.375. The fourth-order valence-corrected chi connectivity index (χ4v) is 2.50. The molecule has 0 aliphatic carbocycles. The van der Waals surface area contributed by atoms with E-state index in [9.17, 15) is 4.79 Å². The highest BCUT2D eigenvalue weighted by Gasteiger charge is 2.20. The Labute approximate surface area is 93.8 Å².